The topological polar surface area (TPSA) is 39.2 Å². The van der Waals surface area contributed by atoms with Gasteiger partial charge in [-0.05, 0) is 36.4 Å². The maximum absolute atomic E-state index is 5.78. The van der Waals surface area contributed by atoms with Gasteiger partial charge in [-0.25, -0.2) is 0 Å². The largest absolute Gasteiger partial charge is 0.466 e. The molecule has 2 unspecified atom stereocenters. The molecule has 0 aromatic carbocycles. The van der Waals surface area contributed by atoms with Crippen molar-refractivity contribution in [2.75, 3.05) is 6.54 Å². The van der Waals surface area contributed by atoms with Crippen LogP contribution in [0, 0.1) is 5.92 Å². The smallest absolute Gasteiger partial charge is 0.107 e. The highest BCUT2D eigenvalue weighted by Gasteiger charge is 2.31. The van der Waals surface area contributed by atoms with E-state index in [2.05, 4.69) is 19.9 Å². The van der Waals surface area contributed by atoms with Gasteiger partial charge >= 0.3 is 0 Å². The van der Waals surface area contributed by atoms with Crippen LogP contribution >= 0.6 is 0 Å². The summed E-state index contributed by atoms with van der Waals surface area (Å²) in [4.78, 5) is 0. The van der Waals surface area contributed by atoms with E-state index in [0.29, 0.717) is 11.8 Å². The molecule has 1 aromatic rings. The highest BCUT2D eigenvalue weighted by molar-refractivity contribution is 5.31. The lowest BCUT2D eigenvalue weighted by atomic mass is 9.91. The first-order chi connectivity index (χ1) is 6.76. The van der Waals surface area contributed by atoms with Crippen LogP contribution in [-0.2, 0) is 12.8 Å². The zero-order valence-corrected chi connectivity index (χ0v) is 9.05. The molecule has 0 aliphatic heterocycles. The first kappa shape index (κ1) is 9.78. The average Bonchev–Trinajstić information content (AvgIpc) is 2.67. The van der Waals surface area contributed by atoms with Crippen molar-refractivity contribution in [1.82, 2.24) is 0 Å². The molecule has 1 aliphatic carbocycles. The first-order valence-electron chi connectivity index (χ1n) is 5.57. The lowest BCUT2D eigenvalue weighted by Crippen LogP contribution is -2.10. The molecular weight excluding hydrogens is 174 g/mol. The molecule has 0 fully saturated rings. The molecule has 0 radical (unpaired) electrons. The summed E-state index contributed by atoms with van der Waals surface area (Å²) in [6.45, 7) is 5.21. The molecule has 14 heavy (non-hydrogen) atoms. The fraction of sp³-hybridized carbons (Fsp3) is 0.667. The van der Waals surface area contributed by atoms with Crippen LogP contribution < -0.4 is 5.73 Å². The van der Waals surface area contributed by atoms with Gasteiger partial charge in [-0.3, -0.25) is 0 Å². The maximum Gasteiger partial charge on any atom is 0.107 e. The van der Waals surface area contributed by atoms with Gasteiger partial charge in [-0.15, -0.1) is 0 Å². The van der Waals surface area contributed by atoms with Crippen molar-refractivity contribution >= 4 is 0 Å². The second kappa shape index (κ2) is 3.77. The predicted molar refractivity (Wildman–Crippen MR) is 57.4 cm³/mol. The molecule has 0 spiro atoms. The van der Waals surface area contributed by atoms with Crippen LogP contribution in [-0.4, -0.2) is 6.54 Å². The maximum atomic E-state index is 5.78. The Bertz CT molecular complexity index is 316. The Kier molecular flexibility index (Phi) is 2.64. The van der Waals surface area contributed by atoms with Crippen molar-refractivity contribution in [2.24, 2.45) is 11.7 Å². The SMILES string of the molecule is CCc1cc2c(o1)CC(C)C2CCN. The average molecular weight is 193 g/mol. The van der Waals surface area contributed by atoms with E-state index in [9.17, 15) is 0 Å². The predicted octanol–water partition coefficient (Wildman–Crippen LogP) is 2.47. The van der Waals surface area contributed by atoms with Crippen LogP contribution in [0.1, 0.15) is 43.3 Å². The van der Waals surface area contributed by atoms with Crippen LogP contribution in [0.5, 0.6) is 0 Å². The van der Waals surface area contributed by atoms with E-state index in [1.165, 1.54) is 11.3 Å². The van der Waals surface area contributed by atoms with Crippen molar-refractivity contribution in [2.45, 2.75) is 39.0 Å². The van der Waals surface area contributed by atoms with Gasteiger partial charge in [-0.2, -0.15) is 0 Å². The molecule has 2 N–H and O–H groups in total. The molecule has 2 atom stereocenters. The van der Waals surface area contributed by atoms with E-state index >= 15 is 0 Å². The Morgan fingerprint density at radius 3 is 3.00 bits per heavy atom. The third-order valence-corrected chi connectivity index (χ3v) is 3.31. The van der Waals surface area contributed by atoms with E-state index in [4.69, 9.17) is 10.2 Å². The summed E-state index contributed by atoms with van der Waals surface area (Å²) in [5.41, 5.74) is 7.07. The fourth-order valence-electron chi connectivity index (χ4n) is 2.51. The Morgan fingerprint density at radius 1 is 1.57 bits per heavy atom. The summed E-state index contributed by atoms with van der Waals surface area (Å²) in [5.74, 6) is 3.69. The summed E-state index contributed by atoms with van der Waals surface area (Å²) < 4.78 is 5.78. The van der Waals surface area contributed by atoms with E-state index in [-0.39, 0.29) is 0 Å². The van der Waals surface area contributed by atoms with Crippen molar-refractivity contribution in [3.63, 3.8) is 0 Å². The zero-order chi connectivity index (χ0) is 10.1. The van der Waals surface area contributed by atoms with Crippen LogP contribution in [0.15, 0.2) is 10.5 Å². The number of hydrogen-bond donors (Lipinski definition) is 1. The lowest BCUT2D eigenvalue weighted by molar-refractivity contribution is 0.428. The third kappa shape index (κ3) is 1.48. The molecule has 2 heteroatoms. The molecule has 0 saturated carbocycles. The van der Waals surface area contributed by atoms with Gasteiger partial charge in [0.25, 0.3) is 0 Å². The van der Waals surface area contributed by atoms with Gasteiger partial charge in [0, 0.05) is 12.8 Å². The number of nitrogens with two attached hydrogens (primary N) is 1. The van der Waals surface area contributed by atoms with Gasteiger partial charge in [0.15, 0.2) is 0 Å². The Hall–Kier alpha value is -0.760. The molecule has 2 rings (SSSR count). The van der Waals surface area contributed by atoms with Crippen LogP contribution in [0.25, 0.3) is 0 Å². The minimum absolute atomic E-state index is 0.638. The zero-order valence-electron chi connectivity index (χ0n) is 9.05. The van der Waals surface area contributed by atoms with Gasteiger partial charge in [0.2, 0.25) is 0 Å². The van der Waals surface area contributed by atoms with Gasteiger partial charge in [0.1, 0.15) is 11.5 Å². The van der Waals surface area contributed by atoms with Crippen LogP contribution in [0.3, 0.4) is 0 Å². The molecule has 0 saturated heterocycles. The minimum atomic E-state index is 0.638. The number of hydrogen-bond acceptors (Lipinski definition) is 2. The van der Waals surface area contributed by atoms with Crippen molar-refractivity contribution in [3.8, 4) is 0 Å². The van der Waals surface area contributed by atoms with Gasteiger partial charge < -0.3 is 10.2 Å². The summed E-state index contributed by atoms with van der Waals surface area (Å²) >= 11 is 0. The Morgan fingerprint density at radius 2 is 2.36 bits per heavy atom. The summed E-state index contributed by atoms with van der Waals surface area (Å²) in [5, 5.41) is 0. The summed E-state index contributed by atoms with van der Waals surface area (Å²) in [6.07, 6.45) is 3.19. The van der Waals surface area contributed by atoms with Crippen molar-refractivity contribution in [1.29, 1.82) is 0 Å². The number of fused-ring (bicyclic) bond motifs is 1. The van der Waals surface area contributed by atoms with Crippen molar-refractivity contribution < 1.29 is 4.42 Å². The van der Waals surface area contributed by atoms with E-state index < -0.39 is 0 Å². The number of furan rings is 1. The minimum Gasteiger partial charge on any atom is -0.466 e. The first-order valence-corrected chi connectivity index (χ1v) is 5.57. The quantitative estimate of drug-likeness (QED) is 0.801. The van der Waals surface area contributed by atoms with Gasteiger partial charge in [-0.1, -0.05) is 13.8 Å². The molecule has 1 aromatic heterocycles. The fourth-order valence-corrected chi connectivity index (χ4v) is 2.51. The van der Waals surface area contributed by atoms with Crippen molar-refractivity contribution in [3.05, 3.63) is 23.2 Å². The summed E-state index contributed by atoms with van der Waals surface area (Å²) in [7, 11) is 0. The Labute approximate surface area is 85.5 Å². The molecule has 1 heterocycles. The highest BCUT2D eigenvalue weighted by Crippen LogP contribution is 2.41. The van der Waals surface area contributed by atoms with Gasteiger partial charge in [0.05, 0.1) is 0 Å². The number of aryl methyl sites for hydroxylation is 1. The number of rotatable bonds is 3. The second-order valence-corrected chi connectivity index (χ2v) is 4.31. The molecule has 2 nitrogen and oxygen atoms in total. The Balaban J connectivity index is 2.25. The highest BCUT2D eigenvalue weighted by atomic mass is 16.3. The molecule has 78 valence electrons. The third-order valence-electron chi connectivity index (χ3n) is 3.31. The molecule has 1 aliphatic rings. The second-order valence-electron chi connectivity index (χ2n) is 4.31. The lowest BCUT2D eigenvalue weighted by Gasteiger charge is -2.14. The van der Waals surface area contributed by atoms with E-state index in [1.807, 2.05) is 0 Å². The molecular formula is C12H19NO. The normalized spacial score (nSPS) is 25.4. The summed E-state index contributed by atoms with van der Waals surface area (Å²) in [6, 6.07) is 2.24. The molecule has 0 bridgehead atoms. The van der Waals surface area contributed by atoms with E-state index in [1.54, 1.807) is 0 Å². The monoisotopic (exact) mass is 193 g/mol. The van der Waals surface area contributed by atoms with E-state index in [0.717, 1.165) is 31.6 Å². The van der Waals surface area contributed by atoms with Crippen LogP contribution in [0.4, 0.5) is 0 Å². The van der Waals surface area contributed by atoms with Crippen LogP contribution in [0.2, 0.25) is 0 Å². The molecule has 0 amide bonds. The standard InChI is InChI=1S/C12H19NO/c1-3-9-7-11-10(4-5-13)8(2)6-12(11)14-9/h7-8,10H,3-6,13H2,1-2H3.